The van der Waals surface area contributed by atoms with Crippen LogP contribution in [0.25, 0.3) is 0 Å². The summed E-state index contributed by atoms with van der Waals surface area (Å²) in [7, 11) is 0. The summed E-state index contributed by atoms with van der Waals surface area (Å²) >= 11 is 7.16. The Morgan fingerprint density at radius 2 is 1.94 bits per heavy atom. The van der Waals surface area contributed by atoms with Crippen molar-refractivity contribution in [2.45, 2.75) is 37.0 Å². The Kier molecular flexibility index (Phi) is 5.98. The van der Waals surface area contributed by atoms with Gasteiger partial charge in [0.15, 0.2) is 0 Å². The van der Waals surface area contributed by atoms with Crippen molar-refractivity contribution in [3.8, 4) is 0 Å². The SMILES string of the molecule is CSC1CCC(NC(=O)NC(=O)CCl)CC1. The number of hydrogen-bond donors (Lipinski definition) is 2. The van der Waals surface area contributed by atoms with Gasteiger partial charge in [0.05, 0.1) is 0 Å². The third-order valence-electron chi connectivity index (χ3n) is 2.72. The molecule has 0 aromatic heterocycles. The number of imide groups is 1. The van der Waals surface area contributed by atoms with Crippen LogP contribution >= 0.6 is 23.4 Å². The molecule has 0 radical (unpaired) electrons. The molecule has 6 heteroatoms. The van der Waals surface area contributed by atoms with Gasteiger partial charge in [-0.2, -0.15) is 11.8 Å². The highest BCUT2D eigenvalue weighted by Crippen LogP contribution is 2.26. The van der Waals surface area contributed by atoms with Gasteiger partial charge in [0.1, 0.15) is 5.88 Å². The molecule has 1 saturated carbocycles. The minimum atomic E-state index is -0.461. The molecule has 0 atom stereocenters. The van der Waals surface area contributed by atoms with Crippen molar-refractivity contribution in [2.24, 2.45) is 0 Å². The number of carbonyl (C=O) groups excluding carboxylic acids is 2. The molecule has 1 aliphatic rings. The van der Waals surface area contributed by atoms with Gasteiger partial charge in [-0.25, -0.2) is 4.79 Å². The molecule has 0 bridgehead atoms. The molecule has 92 valence electrons. The van der Waals surface area contributed by atoms with Gasteiger partial charge < -0.3 is 5.32 Å². The summed E-state index contributed by atoms with van der Waals surface area (Å²) in [4.78, 5) is 22.2. The van der Waals surface area contributed by atoms with Crippen LogP contribution < -0.4 is 10.6 Å². The summed E-state index contributed by atoms with van der Waals surface area (Å²) in [5, 5.41) is 5.68. The van der Waals surface area contributed by atoms with E-state index in [-0.39, 0.29) is 11.9 Å². The first-order valence-corrected chi connectivity index (χ1v) is 7.17. The lowest BCUT2D eigenvalue weighted by atomic mass is 9.95. The van der Waals surface area contributed by atoms with E-state index in [1.54, 1.807) is 0 Å². The van der Waals surface area contributed by atoms with Crippen LogP contribution in [0.3, 0.4) is 0 Å². The number of thioether (sulfide) groups is 1. The summed E-state index contributed by atoms with van der Waals surface area (Å²) < 4.78 is 0. The molecule has 0 unspecified atom stereocenters. The second-order valence-electron chi connectivity index (χ2n) is 3.86. The molecule has 0 aliphatic heterocycles. The van der Waals surface area contributed by atoms with Crippen LogP contribution in [0.15, 0.2) is 0 Å². The standard InChI is InChI=1S/C10H17ClN2O2S/c1-16-8-4-2-7(3-5-8)12-10(15)13-9(14)6-11/h7-8H,2-6H2,1H3,(H2,12,13,14,15). The quantitative estimate of drug-likeness (QED) is 0.764. The van der Waals surface area contributed by atoms with Gasteiger partial charge in [0, 0.05) is 11.3 Å². The zero-order valence-corrected chi connectivity index (χ0v) is 10.9. The number of alkyl halides is 1. The molecular weight excluding hydrogens is 248 g/mol. The van der Waals surface area contributed by atoms with Gasteiger partial charge in [-0.05, 0) is 31.9 Å². The second-order valence-corrected chi connectivity index (χ2v) is 5.27. The first-order chi connectivity index (χ1) is 7.65. The molecule has 0 heterocycles. The number of halogens is 1. The summed E-state index contributed by atoms with van der Waals surface area (Å²) in [5.41, 5.74) is 0. The van der Waals surface area contributed by atoms with E-state index in [9.17, 15) is 9.59 Å². The van der Waals surface area contributed by atoms with Crippen LogP contribution in [-0.4, -0.2) is 35.4 Å². The van der Waals surface area contributed by atoms with E-state index in [0.717, 1.165) is 25.7 Å². The molecule has 3 amide bonds. The van der Waals surface area contributed by atoms with Crippen molar-refractivity contribution in [2.75, 3.05) is 12.1 Å². The van der Waals surface area contributed by atoms with Gasteiger partial charge >= 0.3 is 6.03 Å². The molecule has 0 saturated heterocycles. The highest BCUT2D eigenvalue weighted by Gasteiger charge is 2.21. The van der Waals surface area contributed by atoms with Gasteiger partial charge in [0.25, 0.3) is 0 Å². The molecule has 2 N–H and O–H groups in total. The highest BCUT2D eigenvalue weighted by atomic mass is 35.5. The highest BCUT2D eigenvalue weighted by molar-refractivity contribution is 7.99. The molecule has 1 aliphatic carbocycles. The van der Waals surface area contributed by atoms with Gasteiger partial charge in [0.2, 0.25) is 5.91 Å². The van der Waals surface area contributed by atoms with Crippen molar-refractivity contribution in [3.63, 3.8) is 0 Å². The first kappa shape index (κ1) is 13.6. The van der Waals surface area contributed by atoms with Crippen molar-refractivity contribution < 1.29 is 9.59 Å². The maximum atomic E-state index is 11.3. The molecule has 0 aromatic rings. The van der Waals surface area contributed by atoms with E-state index < -0.39 is 11.9 Å². The molecule has 4 nitrogen and oxygen atoms in total. The summed E-state index contributed by atoms with van der Waals surface area (Å²) in [5.74, 6) is -0.649. The van der Waals surface area contributed by atoms with E-state index in [4.69, 9.17) is 11.6 Å². The normalized spacial score (nSPS) is 24.9. The number of urea groups is 1. The summed E-state index contributed by atoms with van der Waals surface area (Å²) in [6.45, 7) is 0. The van der Waals surface area contributed by atoms with Crippen LogP contribution in [0.5, 0.6) is 0 Å². The Labute approximate surface area is 105 Å². The number of rotatable bonds is 3. The van der Waals surface area contributed by atoms with Crippen LogP contribution in [0.4, 0.5) is 4.79 Å². The second kappa shape index (κ2) is 7.01. The fraction of sp³-hybridized carbons (Fsp3) is 0.800. The average molecular weight is 265 g/mol. The van der Waals surface area contributed by atoms with Crippen molar-refractivity contribution >= 4 is 35.3 Å². The van der Waals surface area contributed by atoms with E-state index in [1.807, 2.05) is 11.8 Å². The Morgan fingerprint density at radius 3 is 2.44 bits per heavy atom. The van der Waals surface area contributed by atoms with Crippen molar-refractivity contribution in [1.29, 1.82) is 0 Å². The summed E-state index contributed by atoms with van der Waals surface area (Å²) in [6.07, 6.45) is 6.32. The lowest BCUT2D eigenvalue weighted by Gasteiger charge is -2.27. The molecule has 1 rings (SSSR count). The number of hydrogen-bond acceptors (Lipinski definition) is 3. The topological polar surface area (TPSA) is 58.2 Å². The predicted octanol–water partition coefficient (Wildman–Crippen LogP) is 1.73. The van der Waals surface area contributed by atoms with Crippen LogP contribution in [-0.2, 0) is 4.79 Å². The fourth-order valence-corrected chi connectivity index (χ4v) is 2.63. The Hall–Kier alpha value is -0.420. The third-order valence-corrected chi connectivity index (χ3v) is 4.10. The van der Waals surface area contributed by atoms with Crippen molar-refractivity contribution in [1.82, 2.24) is 10.6 Å². The fourth-order valence-electron chi connectivity index (χ4n) is 1.82. The zero-order chi connectivity index (χ0) is 12.0. The maximum absolute atomic E-state index is 11.3. The number of nitrogens with one attached hydrogen (secondary N) is 2. The lowest BCUT2D eigenvalue weighted by molar-refractivity contribution is -0.117. The average Bonchev–Trinajstić information content (AvgIpc) is 2.29. The Balaban J connectivity index is 2.23. The largest absolute Gasteiger partial charge is 0.335 e. The molecular formula is C10H17ClN2O2S. The Morgan fingerprint density at radius 1 is 1.31 bits per heavy atom. The van der Waals surface area contributed by atoms with Crippen LogP contribution in [0.2, 0.25) is 0 Å². The van der Waals surface area contributed by atoms with E-state index in [1.165, 1.54) is 0 Å². The zero-order valence-electron chi connectivity index (χ0n) is 9.29. The van der Waals surface area contributed by atoms with E-state index in [0.29, 0.717) is 5.25 Å². The van der Waals surface area contributed by atoms with Crippen molar-refractivity contribution in [3.05, 3.63) is 0 Å². The third kappa shape index (κ3) is 4.61. The number of amides is 3. The van der Waals surface area contributed by atoms with Gasteiger partial charge in [-0.1, -0.05) is 0 Å². The van der Waals surface area contributed by atoms with Crippen LogP contribution in [0, 0.1) is 0 Å². The van der Waals surface area contributed by atoms with Crippen LogP contribution in [0.1, 0.15) is 25.7 Å². The monoisotopic (exact) mass is 264 g/mol. The maximum Gasteiger partial charge on any atom is 0.321 e. The number of carbonyl (C=O) groups is 2. The molecule has 16 heavy (non-hydrogen) atoms. The van der Waals surface area contributed by atoms with E-state index in [2.05, 4.69) is 16.9 Å². The lowest BCUT2D eigenvalue weighted by Crippen LogP contribution is -2.46. The molecule has 0 spiro atoms. The van der Waals surface area contributed by atoms with Gasteiger partial charge in [-0.3, -0.25) is 10.1 Å². The smallest absolute Gasteiger partial charge is 0.321 e. The van der Waals surface area contributed by atoms with E-state index >= 15 is 0 Å². The minimum absolute atomic E-state index is 0.187. The minimum Gasteiger partial charge on any atom is -0.335 e. The summed E-state index contributed by atoms with van der Waals surface area (Å²) in [6, 6.07) is -0.246. The predicted molar refractivity (Wildman–Crippen MR) is 67.0 cm³/mol. The molecule has 1 fully saturated rings. The molecule has 0 aromatic carbocycles. The Bertz CT molecular complexity index is 255. The van der Waals surface area contributed by atoms with Gasteiger partial charge in [-0.15, -0.1) is 11.6 Å². The first-order valence-electron chi connectivity index (χ1n) is 5.34.